The van der Waals surface area contributed by atoms with Gasteiger partial charge in [0.2, 0.25) is 5.79 Å². The van der Waals surface area contributed by atoms with Crippen molar-refractivity contribution in [3.05, 3.63) is 23.8 Å². The minimum atomic E-state index is -1.64. The molecule has 2 unspecified atom stereocenters. The van der Waals surface area contributed by atoms with Crippen molar-refractivity contribution in [1.29, 1.82) is 0 Å². The van der Waals surface area contributed by atoms with Gasteiger partial charge >= 0.3 is 0 Å². The Morgan fingerprint density at radius 1 is 1.75 bits per heavy atom. The van der Waals surface area contributed by atoms with Crippen LogP contribution in [-0.4, -0.2) is 29.2 Å². The first-order valence-corrected chi connectivity index (χ1v) is 3.45. The van der Waals surface area contributed by atoms with Crippen LogP contribution in [0, 0.1) is 12.3 Å². The van der Waals surface area contributed by atoms with Gasteiger partial charge in [-0.1, -0.05) is 5.92 Å². The van der Waals surface area contributed by atoms with Gasteiger partial charge in [-0.15, -0.1) is 6.42 Å². The topological polar surface area (TPSA) is 49.7 Å². The fourth-order valence-corrected chi connectivity index (χ4v) is 0.938. The Balaban J connectivity index is 2.90. The fourth-order valence-electron chi connectivity index (χ4n) is 0.938. The molecule has 0 aromatic carbocycles. The number of aliphatic hydroxyl groups is 2. The van der Waals surface area contributed by atoms with E-state index in [2.05, 4.69) is 10.7 Å². The number of ether oxygens (including phenoxy) is 1. The first kappa shape index (κ1) is 9.01. The highest BCUT2D eigenvalue weighted by molar-refractivity contribution is 5.41. The van der Waals surface area contributed by atoms with E-state index in [0.717, 1.165) is 0 Å². The Morgan fingerprint density at radius 3 is 2.83 bits per heavy atom. The maximum atomic E-state index is 9.49. The zero-order chi connectivity index (χ0) is 9.19. The lowest BCUT2D eigenvalue weighted by molar-refractivity contribution is -0.195. The second-order valence-electron chi connectivity index (χ2n) is 2.50. The molecule has 0 aromatic rings. The minimum Gasteiger partial charge on any atom is -0.383 e. The summed E-state index contributed by atoms with van der Waals surface area (Å²) in [5.41, 5.74) is 0.532. The van der Waals surface area contributed by atoms with E-state index in [4.69, 9.17) is 6.42 Å². The Hall–Kier alpha value is -1.08. The summed E-state index contributed by atoms with van der Waals surface area (Å²) >= 11 is 0. The van der Waals surface area contributed by atoms with Gasteiger partial charge in [-0.25, -0.2) is 0 Å². The van der Waals surface area contributed by atoms with Crippen LogP contribution in [-0.2, 0) is 4.74 Å². The lowest BCUT2D eigenvalue weighted by Gasteiger charge is -2.28. The second-order valence-corrected chi connectivity index (χ2v) is 2.50. The maximum absolute atomic E-state index is 9.49. The monoisotopic (exact) mass is 166 g/mol. The number of hydrogen-bond donors (Lipinski definition) is 2. The summed E-state index contributed by atoms with van der Waals surface area (Å²) in [6, 6.07) is 0. The molecule has 0 heterocycles. The molecule has 3 nitrogen and oxygen atoms in total. The van der Waals surface area contributed by atoms with Crippen molar-refractivity contribution in [1.82, 2.24) is 0 Å². The minimum absolute atomic E-state index is 0.532. The zero-order valence-corrected chi connectivity index (χ0v) is 6.69. The van der Waals surface area contributed by atoms with E-state index in [1.54, 1.807) is 0 Å². The first-order valence-electron chi connectivity index (χ1n) is 3.45. The quantitative estimate of drug-likeness (QED) is 0.419. The van der Waals surface area contributed by atoms with Crippen LogP contribution in [0.1, 0.15) is 0 Å². The van der Waals surface area contributed by atoms with E-state index in [0.29, 0.717) is 5.57 Å². The van der Waals surface area contributed by atoms with Gasteiger partial charge in [0, 0.05) is 12.7 Å². The van der Waals surface area contributed by atoms with Gasteiger partial charge in [0.15, 0.2) is 0 Å². The van der Waals surface area contributed by atoms with Crippen molar-refractivity contribution in [3.63, 3.8) is 0 Å². The van der Waals surface area contributed by atoms with Gasteiger partial charge < -0.3 is 14.9 Å². The molecule has 2 N–H and O–H groups in total. The predicted molar refractivity (Wildman–Crippen MR) is 44.0 cm³/mol. The molecule has 3 heteroatoms. The molecule has 0 aliphatic heterocycles. The van der Waals surface area contributed by atoms with Crippen molar-refractivity contribution in [2.24, 2.45) is 0 Å². The molecule has 1 aliphatic rings. The molecular weight excluding hydrogens is 156 g/mol. The van der Waals surface area contributed by atoms with E-state index >= 15 is 0 Å². The van der Waals surface area contributed by atoms with E-state index < -0.39 is 11.9 Å². The molecule has 0 bridgehead atoms. The van der Waals surface area contributed by atoms with Gasteiger partial charge in [0.05, 0.1) is 0 Å². The Labute approximate surface area is 71.0 Å². The molecule has 0 amide bonds. The van der Waals surface area contributed by atoms with Crippen LogP contribution in [0.2, 0.25) is 0 Å². The SMILES string of the molecule is C#CC1=CC(O)C(O)(OC)C=C1. The molecule has 0 fully saturated rings. The van der Waals surface area contributed by atoms with E-state index in [1.165, 1.54) is 25.3 Å². The van der Waals surface area contributed by atoms with Crippen molar-refractivity contribution >= 4 is 0 Å². The third-order valence-electron chi connectivity index (χ3n) is 1.76. The van der Waals surface area contributed by atoms with E-state index in [1.807, 2.05) is 0 Å². The van der Waals surface area contributed by atoms with Gasteiger partial charge in [-0.3, -0.25) is 0 Å². The van der Waals surface area contributed by atoms with Gasteiger partial charge in [-0.05, 0) is 18.2 Å². The number of methoxy groups -OCH3 is 1. The average Bonchev–Trinajstić information content (AvgIpc) is 2.10. The first-order chi connectivity index (χ1) is 5.62. The molecule has 12 heavy (non-hydrogen) atoms. The molecule has 64 valence electrons. The van der Waals surface area contributed by atoms with Crippen LogP contribution in [0.4, 0.5) is 0 Å². The average molecular weight is 166 g/mol. The number of terminal acetylenes is 1. The van der Waals surface area contributed by atoms with Gasteiger partial charge in [0.25, 0.3) is 0 Å². The Kier molecular flexibility index (Phi) is 2.34. The molecule has 2 atom stereocenters. The van der Waals surface area contributed by atoms with Crippen LogP contribution in [0.5, 0.6) is 0 Å². The molecular formula is C9H10O3. The standard InChI is InChI=1S/C9H10O3/c1-3-7-4-5-9(11,12-2)8(10)6-7/h1,4-6,8,10-11H,2H3. The molecule has 1 aliphatic carbocycles. The zero-order valence-electron chi connectivity index (χ0n) is 6.69. The Morgan fingerprint density at radius 2 is 2.42 bits per heavy atom. The molecule has 0 radical (unpaired) electrons. The third-order valence-corrected chi connectivity index (χ3v) is 1.76. The van der Waals surface area contributed by atoms with Crippen LogP contribution in [0.3, 0.4) is 0 Å². The lowest BCUT2D eigenvalue weighted by atomic mass is 10.00. The maximum Gasteiger partial charge on any atom is 0.216 e. The summed E-state index contributed by atoms with van der Waals surface area (Å²) in [4.78, 5) is 0. The molecule has 1 rings (SSSR count). The highest BCUT2D eigenvalue weighted by Gasteiger charge is 2.33. The predicted octanol–water partition coefficient (Wildman–Crippen LogP) is -0.188. The summed E-state index contributed by atoms with van der Waals surface area (Å²) in [5.74, 6) is 0.705. The van der Waals surface area contributed by atoms with Crippen molar-refractivity contribution in [3.8, 4) is 12.3 Å². The van der Waals surface area contributed by atoms with Crippen LogP contribution < -0.4 is 0 Å². The van der Waals surface area contributed by atoms with Crippen molar-refractivity contribution in [2.45, 2.75) is 11.9 Å². The highest BCUT2D eigenvalue weighted by Crippen LogP contribution is 2.21. The fraction of sp³-hybridized carbons (Fsp3) is 0.333. The van der Waals surface area contributed by atoms with Crippen molar-refractivity contribution in [2.75, 3.05) is 7.11 Å². The largest absolute Gasteiger partial charge is 0.383 e. The van der Waals surface area contributed by atoms with Crippen LogP contribution in [0.15, 0.2) is 23.8 Å². The van der Waals surface area contributed by atoms with E-state index in [9.17, 15) is 10.2 Å². The summed E-state index contributed by atoms with van der Waals surface area (Å²) < 4.78 is 4.69. The lowest BCUT2D eigenvalue weighted by Crippen LogP contribution is -2.42. The Bertz CT molecular complexity index is 272. The molecule has 0 saturated heterocycles. The summed E-state index contributed by atoms with van der Waals surface area (Å²) in [6.07, 6.45) is 8.19. The third kappa shape index (κ3) is 1.41. The molecule has 0 spiro atoms. The number of hydrogen-bond acceptors (Lipinski definition) is 3. The molecule has 0 saturated carbocycles. The summed E-state index contributed by atoms with van der Waals surface area (Å²) in [5, 5.41) is 18.8. The second kappa shape index (κ2) is 3.11. The summed E-state index contributed by atoms with van der Waals surface area (Å²) in [7, 11) is 1.31. The smallest absolute Gasteiger partial charge is 0.216 e. The molecule has 0 aromatic heterocycles. The van der Waals surface area contributed by atoms with E-state index in [-0.39, 0.29) is 0 Å². The van der Waals surface area contributed by atoms with Gasteiger partial charge in [0.1, 0.15) is 6.10 Å². The van der Waals surface area contributed by atoms with Crippen LogP contribution >= 0.6 is 0 Å². The normalized spacial score (nSPS) is 34.2. The van der Waals surface area contributed by atoms with Gasteiger partial charge in [-0.2, -0.15) is 0 Å². The van der Waals surface area contributed by atoms with Crippen LogP contribution in [0.25, 0.3) is 0 Å². The highest BCUT2D eigenvalue weighted by atomic mass is 16.6. The number of aliphatic hydroxyl groups excluding tert-OH is 1. The van der Waals surface area contributed by atoms with Crippen molar-refractivity contribution < 1.29 is 14.9 Å². The number of allylic oxidation sites excluding steroid dienone is 2. The summed E-state index contributed by atoms with van der Waals surface area (Å²) in [6.45, 7) is 0. The number of rotatable bonds is 1.